The van der Waals surface area contributed by atoms with Crippen molar-refractivity contribution in [1.29, 1.82) is 0 Å². The number of nitrogens with zero attached hydrogens (tertiary/aromatic N) is 1. The number of nitrogens with two attached hydrogens (primary N) is 1. The predicted molar refractivity (Wildman–Crippen MR) is 74.5 cm³/mol. The van der Waals surface area contributed by atoms with E-state index in [2.05, 4.69) is 28.5 Å². The van der Waals surface area contributed by atoms with Gasteiger partial charge in [-0.05, 0) is 37.0 Å². The van der Waals surface area contributed by atoms with E-state index in [4.69, 9.17) is 5.73 Å². The van der Waals surface area contributed by atoms with Crippen molar-refractivity contribution in [2.24, 2.45) is 5.92 Å². The summed E-state index contributed by atoms with van der Waals surface area (Å²) in [5, 5.41) is 3.05. The number of amides is 1. The highest BCUT2D eigenvalue weighted by molar-refractivity contribution is 5.95. The Labute approximate surface area is 112 Å². The normalized spacial score (nSPS) is 24.7. The van der Waals surface area contributed by atoms with Gasteiger partial charge in [-0.3, -0.25) is 4.79 Å². The second kappa shape index (κ2) is 4.88. The van der Waals surface area contributed by atoms with E-state index in [1.807, 2.05) is 0 Å². The molecule has 0 radical (unpaired) electrons. The van der Waals surface area contributed by atoms with Crippen LogP contribution in [0.25, 0.3) is 0 Å². The summed E-state index contributed by atoms with van der Waals surface area (Å²) in [4.78, 5) is 15.9. The van der Waals surface area contributed by atoms with Crippen molar-refractivity contribution >= 4 is 11.7 Å². The number of hydrogen-bond acceptors (Lipinski definition) is 3. The Morgan fingerprint density at radius 2 is 2.32 bits per heavy atom. The lowest BCUT2D eigenvalue weighted by molar-refractivity contribution is 0.0949. The largest absolute Gasteiger partial charge is 0.384 e. The molecule has 19 heavy (non-hydrogen) atoms. The standard InChI is InChI=1S/C15H17N3O/c16-14-8-11(6-7-17-14)15(19)18-13-9-12(13)10-4-2-1-3-5-10/h2,4-8,12-13H,1,3,9H2,(H2,16,17)(H,18,19)/t12-,13+/m0/s1. The highest BCUT2D eigenvalue weighted by atomic mass is 16.1. The minimum absolute atomic E-state index is 0.0676. The van der Waals surface area contributed by atoms with Gasteiger partial charge in [-0.2, -0.15) is 0 Å². The van der Waals surface area contributed by atoms with Crippen LogP contribution in [0.4, 0.5) is 5.82 Å². The molecule has 3 N–H and O–H groups in total. The van der Waals surface area contributed by atoms with Gasteiger partial charge >= 0.3 is 0 Å². The fourth-order valence-electron chi connectivity index (χ4n) is 2.47. The van der Waals surface area contributed by atoms with Gasteiger partial charge in [0, 0.05) is 23.7 Å². The van der Waals surface area contributed by atoms with E-state index < -0.39 is 0 Å². The van der Waals surface area contributed by atoms with Gasteiger partial charge in [0.15, 0.2) is 0 Å². The summed E-state index contributed by atoms with van der Waals surface area (Å²) in [6, 6.07) is 3.55. The first-order chi connectivity index (χ1) is 9.24. The number of aromatic nitrogens is 1. The molecule has 0 spiro atoms. The van der Waals surface area contributed by atoms with Crippen LogP contribution in [0, 0.1) is 5.92 Å². The zero-order valence-corrected chi connectivity index (χ0v) is 10.7. The maximum Gasteiger partial charge on any atom is 0.251 e. The van der Waals surface area contributed by atoms with Crippen LogP contribution < -0.4 is 11.1 Å². The number of rotatable bonds is 3. The first kappa shape index (κ1) is 12.0. The van der Waals surface area contributed by atoms with Crippen LogP contribution in [0.15, 0.2) is 42.1 Å². The van der Waals surface area contributed by atoms with E-state index in [1.165, 1.54) is 5.57 Å². The topological polar surface area (TPSA) is 68.0 Å². The third kappa shape index (κ3) is 2.67. The lowest BCUT2D eigenvalue weighted by atomic mass is 10.0. The molecular weight excluding hydrogens is 238 g/mol. The smallest absolute Gasteiger partial charge is 0.251 e. The van der Waals surface area contributed by atoms with Crippen LogP contribution in [0.2, 0.25) is 0 Å². The fraction of sp³-hybridized carbons (Fsp3) is 0.333. The average molecular weight is 255 g/mol. The highest BCUT2D eigenvalue weighted by Crippen LogP contribution is 2.39. The maximum atomic E-state index is 12.0. The first-order valence-corrected chi connectivity index (χ1v) is 6.63. The molecule has 4 nitrogen and oxygen atoms in total. The minimum Gasteiger partial charge on any atom is -0.384 e. The number of hydrogen-bond donors (Lipinski definition) is 2. The molecule has 1 saturated carbocycles. The molecule has 2 atom stereocenters. The number of nitrogens with one attached hydrogen (secondary N) is 1. The zero-order valence-electron chi connectivity index (χ0n) is 10.7. The van der Waals surface area contributed by atoms with Gasteiger partial charge < -0.3 is 11.1 Å². The van der Waals surface area contributed by atoms with Crippen LogP contribution in [0.1, 0.15) is 29.6 Å². The summed E-state index contributed by atoms with van der Waals surface area (Å²) in [5.74, 6) is 0.791. The third-order valence-corrected chi connectivity index (χ3v) is 3.60. The van der Waals surface area contributed by atoms with Crippen LogP contribution in [-0.2, 0) is 0 Å². The number of carbonyl (C=O) groups is 1. The molecule has 1 amide bonds. The Morgan fingerprint density at radius 1 is 1.42 bits per heavy atom. The number of allylic oxidation sites excluding steroid dienone is 3. The molecule has 1 fully saturated rings. The van der Waals surface area contributed by atoms with Gasteiger partial charge in [0.2, 0.25) is 0 Å². The molecule has 3 rings (SSSR count). The summed E-state index contributed by atoms with van der Waals surface area (Å²) in [5.41, 5.74) is 7.52. The van der Waals surface area contributed by atoms with Crippen molar-refractivity contribution in [2.75, 3.05) is 5.73 Å². The van der Waals surface area contributed by atoms with Crippen molar-refractivity contribution in [3.05, 3.63) is 47.7 Å². The molecule has 0 saturated heterocycles. The fourth-order valence-corrected chi connectivity index (χ4v) is 2.47. The van der Waals surface area contributed by atoms with Gasteiger partial charge in [0.1, 0.15) is 5.82 Å². The maximum absolute atomic E-state index is 12.0. The first-order valence-electron chi connectivity index (χ1n) is 6.63. The summed E-state index contributed by atoms with van der Waals surface area (Å²) < 4.78 is 0. The van der Waals surface area contributed by atoms with Crippen LogP contribution in [0.5, 0.6) is 0 Å². The molecule has 0 unspecified atom stereocenters. The van der Waals surface area contributed by atoms with Gasteiger partial charge in [-0.1, -0.05) is 18.2 Å². The molecule has 1 heterocycles. The Balaban J connectivity index is 1.60. The van der Waals surface area contributed by atoms with Crippen LogP contribution >= 0.6 is 0 Å². The van der Waals surface area contributed by atoms with Crippen LogP contribution in [0.3, 0.4) is 0 Å². The highest BCUT2D eigenvalue weighted by Gasteiger charge is 2.40. The zero-order chi connectivity index (χ0) is 13.2. The molecule has 2 aliphatic rings. The Kier molecular flexibility index (Phi) is 3.07. The number of pyridine rings is 1. The average Bonchev–Trinajstić information content (AvgIpc) is 3.19. The molecule has 98 valence electrons. The number of anilines is 1. The van der Waals surface area contributed by atoms with E-state index in [0.717, 1.165) is 19.3 Å². The monoisotopic (exact) mass is 255 g/mol. The molecule has 0 bridgehead atoms. The lowest BCUT2D eigenvalue weighted by Crippen LogP contribution is -2.27. The van der Waals surface area contributed by atoms with Gasteiger partial charge in [0.25, 0.3) is 5.91 Å². The Bertz CT molecular complexity index is 562. The number of nitrogen functional groups attached to an aromatic ring is 1. The third-order valence-electron chi connectivity index (χ3n) is 3.60. The van der Waals surface area contributed by atoms with Crippen LogP contribution in [-0.4, -0.2) is 16.9 Å². The molecule has 4 heteroatoms. The minimum atomic E-state index is -0.0676. The van der Waals surface area contributed by atoms with E-state index in [0.29, 0.717) is 17.3 Å². The summed E-state index contributed by atoms with van der Waals surface area (Å²) in [6.07, 6.45) is 11.5. The SMILES string of the molecule is Nc1cc(C(=O)N[C@@H]2C[C@H]2C2=CCCC=C2)ccn1. The molecule has 0 aliphatic heterocycles. The summed E-state index contributed by atoms with van der Waals surface area (Å²) in [7, 11) is 0. The molecule has 2 aliphatic carbocycles. The molecule has 0 aromatic carbocycles. The second-order valence-corrected chi connectivity index (χ2v) is 5.08. The van der Waals surface area contributed by atoms with Gasteiger partial charge in [-0.15, -0.1) is 0 Å². The van der Waals surface area contributed by atoms with Crippen molar-refractivity contribution in [3.8, 4) is 0 Å². The predicted octanol–water partition coefficient (Wildman–Crippen LogP) is 2.06. The summed E-state index contributed by atoms with van der Waals surface area (Å²) in [6.45, 7) is 0. The summed E-state index contributed by atoms with van der Waals surface area (Å²) >= 11 is 0. The van der Waals surface area contributed by atoms with E-state index in [-0.39, 0.29) is 11.9 Å². The Morgan fingerprint density at radius 3 is 3.05 bits per heavy atom. The van der Waals surface area contributed by atoms with Crippen molar-refractivity contribution in [2.45, 2.75) is 25.3 Å². The molecule has 1 aromatic rings. The van der Waals surface area contributed by atoms with Crippen molar-refractivity contribution in [3.63, 3.8) is 0 Å². The van der Waals surface area contributed by atoms with Gasteiger partial charge in [0.05, 0.1) is 0 Å². The molecule has 1 aromatic heterocycles. The second-order valence-electron chi connectivity index (χ2n) is 5.08. The van der Waals surface area contributed by atoms with Crippen molar-refractivity contribution < 1.29 is 4.79 Å². The Hall–Kier alpha value is -2.10. The van der Waals surface area contributed by atoms with E-state index in [9.17, 15) is 4.79 Å². The van der Waals surface area contributed by atoms with E-state index in [1.54, 1.807) is 18.3 Å². The molecular formula is C15H17N3O. The quantitative estimate of drug-likeness (QED) is 0.868. The van der Waals surface area contributed by atoms with E-state index >= 15 is 0 Å². The van der Waals surface area contributed by atoms with Gasteiger partial charge in [-0.25, -0.2) is 4.98 Å². The number of carbonyl (C=O) groups excluding carboxylic acids is 1. The lowest BCUT2D eigenvalue weighted by Gasteiger charge is -2.08. The van der Waals surface area contributed by atoms with Crippen molar-refractivity contribution in [1.82, 2.24) is 10.3 Å².